The molecule has 1 aromatic carbocycles. The van der Waals surface area contributed by atoms with Crippen molar-refractivity contribution in [3.8, 4) is 0 Å². The molecule has 0 radical (unpaired) electrons. The van der Waals surface area contributed by atoms with Crippen molar-refractivity contribution in [1.29, 1.82) is 0 Å². The summed E-state index contributed by atoms with van der Waals surface area (Å²) in [4.78, 5) is 0. The van der Waals surface area contributed by atoms with E-state index in [4.69, 9.17) is 16.3 Å². The summed E-state index contributed by atoms with van der Waals surface area (Å²) in [5, 5.41) is 3.75. The Morgan fingerprint density at radius 1 is 1.58 bits per heavy atom. The third kappa shape index (κ3) is 3.13. The van der Waals surface area contributed by atoms with E-state index in [1.807, 2.05) is 7.05 Å². The lowest BCUT2D eigenvalue weighted by atomic mass is 9.86. The van der Waals surface area contributed by atoms with Gasteiger partial charge in [-0.1, -0.05) is 18.5 Å². The predicted octanol–water partition coefficient (Wildman–Crippen LogP) is 4.32. The van der Waals surface area contributed by atoms with Crippen LogP contribution in [0, 0.1) is 11.7 Å². The topological polar surface area (TPSA) is 21.3 Å². The van der Waals surface area contributed by atoms with Gasteiger partial charge in [0.05, 0.1) is 11.1 Å². The maximum absolute atomic E-state index is 14.2. The Labute approximate surface area is 126 Å². The zero-order valence-electron chi connectivity index (χ0n) is 11.1. The highest BCUT2D eigenvalue weighted by atomic mass is 79.9. The molecule has 5 heteroatoms. The summed E-state index contributed by atoms with van der Waals surface area (Å²) in [6.45, 7) is 2.84. The minimum absolute atomic E-state index is 0.0713. The monoisotopic (exact) mass is 349 g/mol. The van der Waals surface area contributed by atoms with Gasteiger partial charge in [-0.05, 0) is 48.0 Å². The van der Waals surface area contributed by atoms with Gasteiger partial charge in [0.15, 0.2) is 0 Å². The molecule has 19 heavy (non-hydrogen) atoms. The molecule has 2 nitrogen and oxygen atoms in total. The third-order valence-electron chi connectivity index (χ3n) is 3.78. The van der Waals surface area contributed by atoms with Crippen LogP contribution in [0.15, 0.2) is 16.6 Å². The lowest BCUT2D eigenvalue weighted by Crippen LogP contribution is -2.31. The Kier molecular flexibility index (Phi) is 5.23. The largest absolute Gasteiger partial charge is 0.378 e. The number of halogens is 3. The van der Waals surface area contributed by atoms with Gasteiger partial charge in [-0.3, -0.25) is 0 Å². The van der Waals surface area contributed by atoms with E-state index >= 15 is 0 Å². The maximum Gasteiger partial charge on any atom is 0.129 e. The summed E-state index contributed by atoms with van der Waals surface area (Å²) >= 11 is 9.33. The highest BCUT2D eigenvalue weighted by Gasteiger charge is 2.35. The minimum Gasteiger partial charge on any atom is -0.378 e. The lowest BCUT2D eigenvalue weighted by molar-refractivity contribution is 0.0779. The molecule has 0 aliphatic carbocycles. The summed E-state index contributed by atoms with van der Waals surface area (Å²) in [6, 6.07) is 3.06. The summed E-state index contributed by atoms with van der Waals surface area (Å²) in [6.07, 6.45) is 2.06. The molecule has 1 heterocycles. The van der Waals surface area contributed by atoms with E-state index in [0.717, 1.165) is 19.4 Å². The van der Waals surface area contributed by atoms with Crippen LogP contribution < -0.4 is 5.32 Å². The van der Waals surface area contributed by atoms with Crippen LogP contribution in [0.1, 0.15) is 31.4 Å². The first-order valence-electron chi connectivity index (χ1n) is 6.51. The van der Waals surface area contributed by atoms with Gasteiger partial charge in [-0.2, -0.15) is 0 Å². The Bertz CT molecular complexity index is 457. The maximum atomic E-state index is 14.2. The number of hydrogen-bond donors (Lipinski definition) is 1. The quantitative estimate of drug-likeness (QED) is 0.817. The van der Waals surface area contributed by atoms with Crippen molar-refractivity contribution < 1.29 is 9.13 Å². The van der Waals surface area contributed by atoms with Gasteiger partial charge >= 0.3 is 0 Å². The molecule has 0 aromatic heterocycles. The van der Waals surface area contributed by atoms with Crippen molar-refractivity contribution in [2.45, 2.75) is 31.9 Å². The Morgan fingerprint density at radius 2 is 2.32 bits per heavy atom. The molecule has 3 unspecified atom stereocenters. The van der Waals surface area contributed by atoms with E-state index in [2.05, 4.69) is 28.2 Å². The van der Waals surface area contributed by atoms with Gasteiger partial charge in [-0.15, -0.1) is 0 Å². The SMILES string of the molecule is CCC1OCCC1C(NC)c1cc(Cl)c(Br)cc1F. The fourth-order valence-corrected chi connectivity index (χ4v) is 3.33. The number of rotatable bonds is 4. The number of hydrogen-bond acceptors (Lipinski definition) is 2. The van der Waals surface area contributed by atoms with Crippen LogP contribution >= 0.6 is 27.5 Å². The average Bonchev–Trinajstić information content (AvgIpc) is 2.84. The van der Waals surface area contributed by atoms with Gasteiger partial charge in [0, 0.05) is 28.6 Å². The molecule has 1 fully saturated rings. The van der Waals surface area contributed by atoms with Crippen molar-refractivity contribution in [1.82, 2.24) is 5.32 Å². The molecule has 1 aliphatic rings. The van der Waals surface area contributed by atoms with E-state index in [1.165, 1.54) is 6.07 Å². The molecule has 0 spiro atoms. The minimum atomic E-state index is -0.239. The Morgan fingerprint density at radius 3 is 2.95 bits per heavy atom. The van der Waals surface area contributed by atoms with E-state index in [-0.39, 0.29) is 23.9 Å². The zero-order valence-corrected chi connectivity index (χ0v) is 13.4. The number of nitrogens with one attached hydrogen (secondary N) is 1. The van der Waals surface area contributed by atoms with Crippen molar-refractivity contribution in [3.63, 3.8) is 0 Å². The van der Waals surface area contributed by atoms with Gasteiger partial charge in [0.2, 0.25) is 0 Å². The second-order valence-electron chi connectivity index (χ2n) is 4.82. The number of benzene rings is 1. The molecular weight excluding hydrogens is 333 g/mol. The third-order valence-corrected chi connectivity index (χ3v) is 4.97. The summed E-state index contributed by atoms with van der Waals surface area (Å²) < 4.78 is 20.5. The van der Waals surface area contributed by atoms with Gasteiger partial charge in [0.1, 0.15) is 5.82 Å². The summed E-state index contributed by atoms with van der Waals surface area (Å²) in [5.41, 5.74) is 0.615. The molecule has 106 valence electrons. The van der Waals surface area contributed by atoms with Gasteiger partial charge in [0.25, 0.3) is 0 Å². The highest BCUT2D eigenvalue weighted by molar-refractivity contribution is 9.10. The predicted molar refractivity (Wildman–Crippen MR) is 79.0 cm³/mol. The fourth-order valence-electron chi connectivity index (χ4n) is 2.84. The highest BCUT2D eigenvalue weighted by Crippen LogP contribution is 2.37. The molecule has 2 rings (SSSR count). The first-order chi connectivity index (χ1) is 9.08. The first kappa shape index (κ1) is 15.2. The Hall–Kier alpha value is -0.160. The molecule has 3 atom stereocenters. The van der Waals surface area contributed by atoms with Crippen LogP contribution in [0.4, 0.5) is 4.39 Å². The van der Waals surface area contributed by atoms with E-state index < -0.39 is 0 Å². The van der Waals surface area contributed by atoms with Gasteiger partial charge < -0.3 is 10.1 Å². The second kappa shape index (κ2) is 6.53. The van der Waals surface area contributed by atoms with Gasteiger partial charge in [-0.25, -0.2) is 4.39 Å². The molecule has 0 amide bonds. The van der Waals surface area contributed by atoms with E-state index in [0.29, 0.717) is 15.1 Å². The molecule has 0 bridgehead atoms. The lowest BCUT2D eigenvalue weighted by Gasteiger charge is -2.27. The van der Waals surface area contributed by atoms with Crippen LogP contribution in [0.5, 0.6) is 0 Å². The van der Waals surface area contributed by atoms with Crippen LogP contribution in [0.3, 0.4) is 0 Å². The standard InChI is InChI=1S/C14H18BrClFNO/c1-3-13-8(4-5-19-13)14(18-2)9-6-11(16)10(15)7-12(9)17/h6-8,13-14,18H,3-5H2,1-2H3. The Balaban J connectivity index is 2.34. The molecule has 1 aliphatic heterocycles. The first-order valence-corrected chi connectivity index (χ1v) is 7.68. The number of ether oxygens (including phenoxy) is 1. The molecular formula is C14H18BrClFNO. The summed E-state index contributed by atoms with van der Waals surface area (Å²) in [5.74, 6) is 0.0409. The molecule has 1 aromatic rings. The molecule has 1 saturated heterocycles. The van der Waals surface area contributed by atoms with Crippen molar-refractivity contribution in [2.75, 3.05) is 13.7 Å². The summed E-state index contributed by atoms with van der Waals surface area (Å²) in [7, 11) is 1.85. The fraction of sp³-hybridized carbons (Fsp3) is 0.571. The van der Waals surface area contributed by atoms with Crippen molar-refractivity contribution in [3.05, 3.63) is 33.0 Å². The van der Waals surface area contributed by atoms with Crippen molar-refractivity contribution in [2.24, 2.45) is 5.92 Å². The molecule has 1 N–H and O–H groups in total. The average molecular weight is 351 g/mol. The second-order valence-corrected chi connectivity index (χ2v) is 6.09. The van der Waals surface area contributed by atoms with Crippen LogP contribution in [0.25, 0.3) is 0 Å². The normalized spacial score (nSPS) is 24.7. The van der Waals surface area contributed by atoms with E-state index in [1.54, 1.807) is 6.07 Å². The van der Waals surface area contributed by atoms with E-state index in [9.17, 15) is 4.39 Å². The van der Waals surface area contributed by atoms with Crippen LogP contribution in [0.2, 0.25) is 5.02 Å². The van der Waals surface area contributed by atoms with Crippen molar-refractivity contribution >= 4 is 27.5 Å². The zero-order chi connectivity index (χ0) is 14.0. The smallest absolute Gasteiger partial charge is 0.129 e. The molecule has 0 saturated carbocycles. The van der Waals surface area contributed by atoms with Crippen LogP contribution in [-0.2, 0) is 4.74 Å². The van der Waals surface area contributed by atoms with Crippen LogP contribution in [-0.4, -0.2) is 19.8 Å².